The van der Waals surface area contributed by atoms with Crippen molar-refractivity contribution in [3.8, 4) is 5.75 Å². The van der Waals surface area contributed by atoms with Crippen LogP contribution in [0.1, 0.15) is 18.9 Å². The van der Waals surface area contributed by atoms with Gasteiger partial charge in [0.2, 0.25) is 0 Å². The summed E-state index contributed by atoms with van der Waals surface area (Å²) in [7, 11) is 0. The van der Waals surface area contributed by atoms with Crippen molar-refractivity contribution < 1.29 is 24.2 Å². The number of carbonyl (C=O) groups excluding carboxylic acids is 2. The number of thioether (sulfide) groups is 1. The maximum atomic E-state index is 12.7. The number of para-hydroxylation sites is 1. The zero-order chi connectivity index (χ0) is 20.3. The Morgan fingerprint density at radius 3 is 2.68 bits per heavy atom. The molecule has 1 aliphatic rings. The first-order valence-electron chi connectivity index (χ1n) is 8.42. The van der Waals surface area contributed by atoms with Crippen LogP contribution < -0.4 is 9.64 Å². The molecule has 2 amide bonds. The minimum absolute atomic E-state index is 0.243. The maximum absolute atomic E-state index is 12.7. The Balaban J connectivity index is 1.85. The number of anilines is 1. The van der Waals surface area contributed by atoms with Gasteiger partial charge < -0.3 is 9.84 Å². The summed E-state index contributed by atoms with van der Waals surface area (Å²) in [5, 5.41) is 8.99. The van der Waals surface area contributed by atoms with Crippen LogP contribution in [0, 0.1) is 0 Å². The molecule has 2 aromatic rings. The highest BCUT2D eigenvalue weighted by molar-refractivity contribution is 8.19. The number of carbonyl (C=O) groups is 3. The molecule has 0 aromatic heterocycles. The third kappa shape index (κ3) is 4.21. The highest BCUT2D eigenvalue weighted by Crippen LogP contribution is 2.38. The third-order valence-electron chi connectivity index (χ3n) is 3.97. The van der Waals surface area contributed by atoms with Gasteiger partial charge in [-0.25, -0.2) is 9.69 Å². The molecule has 0 bridgehead atoms. The van der Waals surface area contributed by atoms with Crippen LogP contribution in [0.4, 0.5) is 10.5 Å². The van der Waals surface area contributed by atoms with E-state index in [1.165, 1.54) is 0 Å². The molecule has 1 aliphatic heterocycles. The molecule has 1 saturated heterocycles. The summed E-state index contributed by atoms with van der Waals surface area (Å²) in [6, 6.07) is 13.3. The SMILES string of the molecule is CCC(Oc1cccc(/C=C2/SC(=O)N(c3ccccc3Cl)C2=O)c1)C(=O)O. The molecule has 144 valence electrons. The minimum atomic E-state index is -1.05. The molecule has 1 N–H and O–H groups in total. The van der Waals surface area contributed by atoms with Gasteiger partial charge in [0.1, 0.15) is 5.75 Å². The van der Waals surface area contributed by atoms with E-state index in [9.17, 15) is 14.4 Å². The van der Waals surface area contributed by atoms with Gasteiger partial charge in [-0.05, 0) is 54.1 Å². The highest BCUT2D eigenvalue weighted by atomic mass is 35.5. The molecule has 0 saturated carbocycles. The van der Waals surface area contributed by atoms with Crippen LogP contribution >= 0.6 is 23.4 Å². The molecule has 1 atom stereocenters. The number of carboxylic acid groups (broad SMARTS) is 1. The lowest BCUT2D eigenvalue weighted by molar-refractivity contribution is -0.145. The molecule has 1 heterocycles. The average Bonchev–Trinajstić information content (AvgIpc) is 2.93. The molecule has 8 heteroatoms. The summed E-state index contributed by atoms with van der Waals surface area (Å²) in [4.78, 5) is 37.5. The van der Waals surface area contributed by atoms with Crippen LogP contribution in [-0.4, -0.2) is 28.3 Å². The fraction of sp³-hybridized carbons (Fsp3) is 0.150. The van der Waals surface area contributed by atoms with E-state index in [1.807, 2.05) is 0 Å². The number of benzene rings is 2. The van der Waals surface area contributed by atoms with E-state index >= 15 is 0 Å². The van der Waals surface area contributed by atoms with E-state index in [0.29, 0.717) is 28.4 Å². The van der Waals surface area contributed by atoms with Crippen LogP contribution in [0.15, 0.2) is 53.4 Å². The van der Waals surface area contributed by atoms with Crippen LogP contribution in [-0.2, 0) is 9.59 Å². The number of aliphatic carboxylic acids is 1. The van der Waals surface area contributed by atoms with Crippen molar-refractivity contribution >= 4 is 52.2 Å². The molecule has 6 nitrogen and oxygen atoms in total. The molecule has 0 aliphatic carbocycles. The van der Waals surface area contributed by atoms with Gasteiger partial charge in [-0.15, -0.1) is 0 Å². The lowest BCUT2D eigenvalue weighted by atomic mass is 10.2. The Morgan fingerprint density at radius 1 is 1.25 bits per heavy atom. The minimum Gasteiger partial charge on any atom is -0.479 e. The van der Waals surface area contributed by atoms with Crippen molar-refractivity contribution in [1.82, 2.24) is 0 Å². The Morgan fingerprint density at radius 2 is 2.00 bits per heavy atom. The number of nitrogens with zero attached hydrogens (tertiary/aromatic N) is 1. The van der Waals surface area contributed by atoms with E-state index in [-0.39, 0.29) is 4.91 Å². The summed E-state index contributed by atoms with van der Waals surface area (Å²) >= 11 is 6.93. The number of halogens is 1. The number of rotatable bonds is 6. The maximum Gasteiger partial charge on any atom is 0.344 e. The van der Waals surface area contributed by atoms with Crippen molar-refractivity contribution in [2.45, 2.75) is 19.4 Å². The van der Waals surface area contributed by atoms with Crippen LogP contribution in [0.25, 0.3) is 6.08 Å². The van der Waals surface area contributed by atoms with E-state index < -0.39 is 23.2 Å². The van der Waals surface area contributed by atoms with Gasteiger partial charge in [0.25, 0.3) is 11.1 Å². The fourth-order valence-electron chi connectivity index (χ4n) is 2.61. The number of carboxylic acids is 1. The lowest BCUT2D eigenvalue weighted by Gasteiger charge is -2.14. The predicted molar refractivity (Wildman–Crippen MR) is 109 cm³/mol. The molecule has 1 fully saturated rings. The molecule has 2 aromatic carbocycles. The number of amides is 2. The van der Waals surface area contributed by atoms with Crippen LogP contribution in [0.2, 0.25) is 5.02 Å². The van der Waals surface area contributed by atoms with Crippen LogP contribution in [0.5, 0.6) is 5.75 Å². The topological polar surface area (TPSA) is 83.9 Å². The van der Waals surface area contributed by atoms with E-state index in [4.69, 9.17) is 21.4 Å². The Kier molecular flexibility index (Phi) is 6.06. The number of hydrogen-bond donors (Lipinski definition) is 1. The standard InChI is InChI=1S/C20H16ClNO5S/c1-2-16(19(24)25)27-13-7-5-6-12(10-13)11-17-18(23)22(20(26)28-17)15-9-4-3-8-14(15)21/h3-11,16H,2H2,1H3,(H,24,25)/b17-11+. The summed E-state index contributed by atoms with van der Waals surface area (Å²) in [5.41, 5.74) is 0.946. The quantitative estimate of drug-likeness (QED) is 0.678. The fourth-order valence-corrected chi connectivity index (χ4v) is 3.66. The number of hydrogen-bond acceptors (Lipinski definition) is 5. The first kappa shape index (κ1) is 20.0. The molecule has 0 spiro atoms. The van der Waals surface area contributed by atoms with E-state index in [0.717, 1.165) is 16.7 Å². The van der Waals surface area contributed by atoms with Gasteiger partial charge >= 0.3 is 5.97 Å². The third-order valence-corrected chi connectivity index (χ3v) is 5.16. The van der Waals surface area contributed by atoms with Crippen molar-refractivity contribution in [1.29, 1.82) is 0 Å². The first-order valence-corrected chi connectivity index (χ1v) is 9.62. The van der Waals surface area contributed by atoms with Crippen molar-refractivity contribution in [3.63, 3.8) is 0 Å². The largest absolute Gasteiger partial charge is 0.479 e. The first-order chi connectivity index (χ1) is 13.4. The van der Waals surface area contributed by atoms with Crippen molar-refractivity contribution in [2.24, 2.45) is 0 Å². The van der Waals surface area contributed by atoms with E-state index in [1.54, 1.807) is 61.5 Å². The zero-order valence-corrected chi connectivity index (χ0v) is 16.4. The normalized spacial score (nSPS) is 16.5. The van der Waals surface area contributed by atoms with Crippen molar-refractivity contribution in [2.75, 3.05) is 4.90 Å². The molecular weight excluding hydrogens is 402 g/mol. The van der Waals surface area contributed by atoms with Gasteiger partial charge in [0, 0.05) is 0 Å². The summed E-state index contributed by atoms with van der Waals surface area (Å²) < 4.78 is 5.47. The highest BCUT2D eigenvalue weighted by Gasteiger charge is 2.37. The predicted octanol–water partition coefficient (Wildman–Crippen LogP) is 4.82. The second kappa shape index (κ2) is 8.50. The van der Waals surface area contributed by atoms with Crippen molar-refractivity contribution in [3.05, 3.63) is 64.0 Å². The number of ether oxygens (including phenoxy) is 1. The molecule has 28 heavy (non-hydrogen) atoms. The van der Waals surface area contributed by atoms with Gasteiger partial charge in [-0.2, -0.15) is 0 Å². The molecule has 3 rings (SSSR count). The van der Waals surface area contributed by atoms with Gasteiger partial charge in [0.05, 0.1) is 15.6 Å². The Bertz CT molecular complexity index is 975. The Labute approximate surface area is 170 Å². The summed E-state index contributed by atoms with van der Waals surface area (Å²) in [6.07, 6.45) is 0.926. The molecule has 1 unspecified atom stereocenters. The summed E-state index contributed by atoms with van der Waals surface area (Å²) in [5.74, 6) is -1.14. The van der Waals surface area contributed by atoms with Crippen LogP contribution in [0.3, 0.4) is 0 Å². The second-order valence-electron chi connectivity index (χ2n) is 5.89. The average molecular weight is 418 g/mol. The van der Waals surface area contributed by atoms with Gasteiger partial charge in [0.15, 0.2) is 6.10 Å². The van der Waals surface area contributed by atoms with Gasteiger partial charge in [-0.3, -0.25) is 9.59 Å². The molecular formula is C20H16ClNO5S. The lowest BCUT2D eigenvalue weighted by Crippen LogP contribution is -2.27. The monoisotopic (exact) mass is 417 g/mol. The van der Waals surface area contributed by atoms with Gasteiger partial charge in [-0.1, -0.05) is 42.8 Å². The number of imide groups is 1. The van der Waals surface area contributed by atoms with E-state index in [2.05, 4.69) is 0 Å². The second-order valence-corrected chi connectivity index (χ2v) is 7.29. The zero-order valence-electron chi connectivity index (χ0n) is 14.8. The smallest absolute Gasteiger partial charge is 0.344 e. The molecule has 0 radical (unpaired) electrons. The summed E-state index contributed by atoms with van der Waals surface area (Å²) in [6.45, 7) is 1.72. The Hall–Kier alpha value is -2.77.